The molecule has 0 aliphatic carbocycles. The highest BCUT2D eigenvalue weighted by atomic mass is 32.2. The molecule has 2 atom stereocenters. The van der Waals surface area contributed by atoms with Crippen LogP contribution in [0.5, 0.6) is 0 Å². The van der Waals surface area contributed by atoms with Crippen molar-refractivity contribution < 1.29 is 15.0 Å². The zero-order valence-corrected chi connectivity index (χ0v) is 15.5. The molecule has 1 aromatic rings. The van der Waals surface area contributed by atoms with E-state index in [0.29, 0.717) is 12.8 Å². The number of nitrogens with zero attached hydrogens (tertiary/aromatic N) is 1. The van der Waals surface area contributed by atoms with Gasteiger partial charge in [0.25, 0.3) is 0 Å². The largest absolute Gasteiger partial charge is 0.396 e. The molecule has 0 spiro atoms. The van der Waals surface area contributed by atoms with Crippen LogP contribution in [0.1, 0.15) is 31.2 Å². The number of amides is 1. The predicted molar refractivity (Wildman–Crippen MR) is 104 cm³/mol. The fourth-order valence-electron chi connectivity index (χ4n) is 3.01. The van der Waals surface area contributed by atoms with Crippen molar-refractivity contribution in [3.05, 3.63) is 48.0 Å². The molecule has 0 aromatic heterocycles. The van der Waals surface area contributed by atoms with E-state index in [4.69, 9.17) is 5.11 Å². The van der Waals surface area contributed by atoms with Crippen LogP contribution in [0.15, 0.2) is 42.5 Å². The number of unbranched alkanes of at least 4 members (excludes halogenated alkanes) is 1. The summed E-state index contributed by atoms with van der Waals surface area (Å²) in [4.78, 5) is 14.0. The SMILES string of the molecule is O=C1CC[C@H](/C=C/[C@@H](O)Cc2ccccc2)N1CCSCCCCO. The van der Waals surface area contributed by atoms with Crippen LogP contribution < -0.4 is 0 Å². The minimum absolute atomic E-state index is 0.107. The average molecular weight is 364 g/mol. The van der Waals surface area contributed by atoms with E-state index >= 15 is 0 Å². The lowest BCUT2D eigenvalue weighted by atomic mass is 10.1. The highest BCUT2D eigenvalue weighted by molar-refractivity contribution is 7.99. The first kappa shape index (κ1) is 20.0. The second kappa shape index (κ2) is 11.3. The zero-order chi connectivity index (χ0) is 17.9. The predicted octanol–water partition coefficient (Wildman–Crippen LogP) is 2.64. The van der Waals surface area contributed by atoms with E-state index in [1.165, 1.54) is 0 Å². The van der Waals surface area contributed by atoms with Gasteiger partial charge in [0.2, 0.25) is 5.91 Å². The number of rotatable bonds is 11. The van der Waals surface area contributed by atoms with Crippen LogP contribution in [0.4, 0.5) is 0 Å². The van der Waals surface area contributed by atoms with Gasteiger partial charge in [-0.05, 0) is 30.6 Å². The van der Waals surface area contributed by atoms with Crippen molar-refractivity contribution in [3.8, 4) is 0 Å². The summed E-state index contributed by atoms with van der Waals surface area (Å²) in [6.45, 7) is 1.01. The number of likely N-dealkylation sites (tertiary alicyclic amines) is 1. The zero-order valence-electron chi connectivity index (χ0n) is 14.7. The lowest BCUT2D eigenvalue weighted by Crippen LogP contribution is -2.34. The average Bonchev–Trinajstić information content (AvgIpc) is 2.97. The Morgan fingerprint density at radius 3 is 2.80 bits per heavy atom. The van der Waals surface area contributed by atoms with Crippen LogP contribution in [-0.2, 0) is 11.2 Å². The molecule has 2 rings (SSSR count). The summed E-state index contributed by atoms with van der Waals surface area (Å²) in [5.74, 6) is 2.16. The smallest absolute Gasteiger partial charge is 0.223 e. The molecule has 2 N–H and O–H groups in total. The molecule has 0 saturated carbocycles. The first-order valence-corrected chi connectivity index (χ1v) is 10.2. The van der Waals surface area contributed by atoms with E-state index in [9.17, 15) is 9.90 Å². The molecule has 1 aliphatic rings. The van der Waals surface area contributed by atoms with Gasteiger partial charge in [-0.3, -0.25) is 4.79 Å². The van der Waals surface area contributed by atoms with E-state index in [2.05, 4.69) is 0 Å². The third-order valence-electron chi connectivity index (χ3n) is 4.39. The molecule has 1 aromatic carbocycles. The molecule has 1 saturated heterocycles. The maximum absolute atomic E-state index is 12.1. The highest BCUT2D eigenvalue weighted by Gasteiger charge is 2.28. The fourth-order valence-corrected chi connectivity index (χ4v) is 3.95. The Balaban J connectivity index is 1.75. The van der Waals surface area contributed by atoms with Gasteiger partial charge in [-0.25, -0.2) is 0 Å². The minimum atomic E-state index is -0.521. The standard InChI is InChI=1S/C20H29NO3S/c22-13-4-5-14-25-15-12-21-18(9-11-20(21)24)8-10-19(23)16-17-6-2-1-3-7-17/h1-3,6-8,10,18-19,22-23H,4-5,9,11-16H2/b10-8+/t18-,19+/m0/s1. The number of hydrogen-bond acceptors (Lipinski definition) is 4. The second-order valence-electron chi connectivity index (χ2n) is 6.38. The van der Waals surface area contributed by atoms with Crippen LogP contribution in [0.25, 0.3) is 0 Å². The molecular formula is C20H29NO3S. The van der Waals surface area contributed by atoms with Crippen LogP contribution in [0.2, 0.25) is 0 Å². The van der Waals surface area contributed by atoms with Gasteiger partial charge in [0.15, 0.2) is 0 Å². The molecule has 0 unspecified atom stereocenters. The molecular weight excluding hydrogens is 334 g/mol. The maximum atomic E-state index is 12.1. The molecule has 5 heteroatoms. The number of aliphatic hydroxyl groups excluding tert-OH is 2. The first-order chi connectivity index (χ1) is 12.2. The number of aliphatic hydroxyl groups is 2. The van der Waals surface area contributed by atoms with E-state index in [-0.39, 0.29) is 18.6 Å². The lowest BCUT2D eigenvalue weighted by molar-refractivity contribution is -0.128. The van der Waals surface area contributed by atoms with E-state index in [1.54, 1.807) is 0 Å². The summed E-state index contributed by atoms with van der Waals surface area (Å²) in [5, 5.41) is 19.0. The quantitative estimate of drug-likeness (QED) is 0.469. The Bertz CT molecular complexity index is 535. The summed E-state index contributed by atoms with van der Waals surface area (Å²) in [6, 6.07) is 10.0. The van der Waals surface area contributed by atoms with Crippen molar-refractivity contribution in [2.24, 2.45) is 0 Å². The molecule has 0 bridgehead atoms. The van der Waals surface area contributed by atoms with Crippen molar-refractivity contribution in [2.75, 3.05) is 24.7 Å². The minimum Gasteiger partial charge on any atom is -0.396 e. The maximum Gasteiger partial charge on any atom is 0.223 e. The lowest BCUT2D eigenvalue weighted by Gasteiger charge is -2.22. The summed E-state index contributed by atoms with van der Waals surface area (Å²) >= 11 is 1.83. The monoisotopic (exact) mass is 363 g/mol. The van der Waals surface area contributed by atoms with E-state index < -0.39 is 6.10 Å². The molecule has 0 radical (unpaired) electrons. The van der Waals surface area contributed by atoms with Crippen LogP contribution in [0, 0.1) is 0 Å². The van der Waals surface area contributed by atoms with Gasteiger partial charge < -0.3 is 15.1 Å². The highest BCUT2D eigenvalue weighted by Crippen LogP contribution is 2.21. The molecule has 4 nitrogen and oxygen atoms in total. The Morgan fingerprint density at radius 2 is 2.04 bits per heavy atom. The molecule has 1 fully saturated rings. The van der Waals surface area contributed by atoms with Gasteiger partial charge in [-0.1, -0.05) is 42.5 Å². The van der Waals surface area contributed by atoms with Crippen molar-refractivity contribution in [1.82, 2.24) is 4.90 Å². The number of carbonyl (C=O) groups is 1. The molecule has 1 aliphatic heterocycles. The number of carbonyl (C=O) groups excluding carboxylic acids is 1. The number of benzene rings is 1. The molecule has 1 amide bonds. The topological polar surface area (TPSA) is 60.8 Å². The van der Waals surface area contributed by atoms with Crippen molar-refractivity contribution in [1.29, 1.82) is 0 Å². The Hall–Kier alpha value is -1.30. The van der Waals surface area contributed by atoms with Crippen molar-refractivity contribution >= 4 is 17.7 Å². The molecule has 138 valence electrons. The molecule has 1 heterocycles. The fraction of sp³-hybridized carbons (Fsp3) is 0.550. The number of hydrogen-bond donors (Lipinski definition) is 2. The third kappa shape index (κ3) is 7.22. The van der Waals surface area contributed by atoms with Crippen molar-refractivity contribution in [3.63, 3.8) is 0 Å². The van der Waals surface area contributed by atoms with Gasteiger partial charge >= 0.3 is 0 Å². The first-order valence-electron chi connectivity index (χ1n) is 9.09. The molecule has 25 heavy (non-hydrogen) atoms. The Kier molecular flexibility index (Phi) is 9.08. The van der Waals surface area contributed by atoms with Crippen LogP contribution >= 0.6 is 11.8 Å². The summed E-state index contributed by atoms with van der Waals surface area (Å²) in [5.41, 5.74) is 1.11. The van der Waals surface area contributed by atoms with Gasteiger partial charge in [0.1, 0.15) is 0 Å². The van der Waals surface area contributed by atoms with Gasteiger partial charge in [-0.2, -0.15) is 11.8 Å². The van der Waals surface area contributed by atoms with Crippen molar-refractivity contribution in [2.45, 2.75) is 44.2 Å². The number of thioether (sulfide) groups is 1. The van der Waals surface area contributed by atoms with Gasteiger partial charge in [-0.15, -0.1) is 0 Å². The summed E-state index contributed by atoms with van der Waals surface area (Å²) < 4.78 is 0. The summed E-state index contributed by atoms with van der Waals surface area (Å²) in [7, 11) is 0. The van der Waals surface area contributed by atoms with E-state index in [0.717, 1.165) is 42.9 Å². The second-order valence-corrected chi connectivity index (χ2v) is 7.60. The van der Waals surface area contributed by atoms with Gasteiger partial charge in [0.05, 0.1) is 12.1 Å². The summed E-state index contributed by atoms with van der Waals surface area (Å²) in [6.07, 6.45) is 7.20. The third-order valence-corrected chi connectivity index (χ3v) is 5.44. The van der Waals surface area contributed by atoms with Crippen LogP contribution in [0.3, 0.4) is 0 Å². The van der Waals surface area contributed by atoms with E-state index in [1.807, 2.05) is 59.1 Å². The van der Waals surface area contributed by atoms with Crippen LogP contribution in [-0.4, -0.2) is 57.8 Å². The van der Waals surface area contributed by atoms with Gasteiger partial charge in [0, 0.05) is 31.7 Å². The Labute approximate surface area is 154 Å². The normalized spacial score (nSPS) is 19.0. The Morgan fingerprint density at radius 1 is 1.24 bits per heavy atom.